The van der Waals surface area contributed by atoms with Gasteiger partial charge in [0.05, 0.1) is 11.7 Å². The van der Waals surface area contributed by atoms with Gasteiger partial charge in [0.15, 0.2) is 0 Å². The Morgan fingerprint density at radius 1 is 1.55 bits per heavy atom. The van der Waals surface area contributed by atoms with Crippen molar-refractivity contribution in [2.45, 2.75) is 32.1 Å². The smallest absolute Gasteiger partial charge is 0.140 e. The van der Waals surface area contributed by atoms with Crippen LogP contribution in [0.5, 0.6) is 0 Å². The van der Waals surface area contributed by atoms with Crippen LogP contribution in [-0.4, -0.2) is 31.2 Å². The Balaban J connectivity index is 2.08. The summed E-state index contributed by atoms with van der Waals surface area (Å²) in [4.78, 5) is 12.0. The monoisotopic (exact) mass is 272 g/mol. The van der Waals surface area contributed by atoms with Crippen LogP contribution in [0.3, 0.4) is 0 Å². The highest BCUT2D eigenvalue weighted by Crippen LogP contribution is 2.34. The van der Waals surface area contributed by atoms with Crippen LogP contribution < -0.4 is 0 Å². The number of hydrogen-bond acceptors (Lipinski definition) is 4. The van der Waals surface area contributed by atoms with E-state index in [1.54, 1.807) is 13.1 Å². The molecule has 1 aliphatic rings. The average Bonchev–Trinajstić information content (AvgIpc) is 3.15. The summed E-state index contributed by atoms with van der Waals surface area (Å²) in [6.07, 6.45) is 4.90. The molecule has 0 aromatic carbocycles. The molecule has 20 heavy (non-hydrogen) atoms. The van der Waals surface area contributed by atoms with E-state index in [1.807, 2.05) is 16.8 Å². The van der Waals surface area contributed by atoms with E-state index < -0.39 is 6.10 Å². The molecule has 6 heteroatoms. The molecule has 0 saturated carbocycles. The van der Waals surface area contributed by atoms with Crippen LogP contribution in [0.25, 0.3) is 22.1 Å². The predicted octanol–water partition coefficient (Wildman–Crippen LogP) is 2.27. The van der Waals surface area contributed by atoms with Crippen molar-refractivity contribution in [3.8, 4) is 0 Å². The number of rotatable bonds is 2. The second-order valence-corrected chi connectivity index (χ2v) is 5.22. The van der Waals surface area contributed by atoms with Gasteiger partial charge in [0.2, 0.25) is 0 Å². The molecule has 0 bridgehead atoms. The van der Waals surface area contributed by atoms with Crippen molar-refractivity contribution in [3.05, 3.63) is 24.3 Å². The fourth-order valence-electron chi connectivity index (χ4n) is 2.96. The summed E-state index contributed by atoms with van der Waals surface area (Å²) in [7, 11) is 0. The molecule has 0 aliphatic carbocycles. The highest BCUT2D eigenvalue weighted by atomic mass is 16.5. The van der Waals surface area contributed by atoms with Crippen molar-refractivity contribution in [2.75, 3.05) is 6.61 Å². The first-order chi connectivity index (χ1) is 9.75. The molecular weight excluding hydrogens is 256 g/mol. The summed E-state index contributed by atoms with van der Waals surface area (Å²) in [5, 5.41) is 11.0. The van der Waals surface area contributed by atoms with E-state index in [2.05, 4.69) is 15.0 Å². The minimum atomic E-state index is -0.638. The first kappa shape index (κ1) is 11.9. The third-order valence-corrected chi connectivity index (χ3v) is 3.83. The SMILES string of the molecule is CC(O)c1nc2cnc3[nH]ccc3c2n1C1CCCO1. The molecule has 1 saturated heterocycles. The number of aromatic amines is 1. The van der Waals surface area contributed by atoms with Crippen molar-refractivity contribution in [1.29, 1.82) is 0 Å². The van der Waals surface area contributed by atoms with E-state index in [4.69, 9.17) is 4.74 Å². The second-order valence-electron chi connectivity index (χ2n) is 5.22. The minimum Gasteiger partial charge on any atom is -0.385 e. The molecule has 4 heterocycles. The Labute approximate surface area is 115 Å². The number of ether oxygens (including phenoxy) is 1. The molecule has 0 spiro atoms. The summed E-state index contributed by atoms with van der Waals surface area (Å²) in [5.74, 6) is 0.641. The lowest BCUT2D eigenvalue weighted by Crippen LogP contribution is -2.13. The maximum atomic E-state index is 10.0. The number of aliphatic hydroxyl groups is 1. The zero-order valence-electron chi connectivity index (χ0n) is 11.2. The van der Waals surface area contributed by atoms with E-state index >= 15 is 0 Å². The number of pyridine rings is 1. The summed E-state index contributed by atoms with van der Waals surface area (Å²) in [6.45, 7) is 2.49. The normalized spacial score (nSPS) is 21.0. The van der Waals surface area contributed by atoms with E-state index in [0.29, 0.717) is 5.82 Å². The molecule has 4 rings (SSSR count). The number of imidazole rings is 1. The van der Waals surface area contributed by atoms with Gasteiger partial charge in [0, 0.05) is 18.2 Å². The molecule has 6 nitrogen and oxygen atoms in total. The summed E-state index contributed by atoms with van der Waals surface area (Å²) >= 11 is 0. The number of H-pyrrole nitrogens is 1. The maximum Gasteiger partial charge on any atom is 0.140 e. The van der Waals surface area contributed by atoms with Crippen LogP contribution in [-0.2, 0) is 4.74 Å². The van der Waals surface area contributed by atoms with Gasteiger partial charge in [0.1, 0.15) is 29.3 Å². The Bertz CT molecular complexity index is 768. The molecule has 1 aliphatic heterocycles. The first-order valence-electron chi connectivity index (χ1n) is 6.89. The van der Waals surface area contributed by atoms with Crippen molar-refractivity contribution in [2.24, 2.45) is 0 Å². The van der Waals surface area contributed by atoms with Gasteiger partial charge in [-0.1, -0.05) is 0 Å². The third-order valence-electron chi connectivity index (χ3n) is 3.83. The second kappa shape index (κ2) is 4.29. The zero-order valence-corrected chi connectivity index (χ0v) is 11.2. The Kier molecular flexibility index (Phi) is 2.55. The van der Waals surface area contributed by atoms with Crippen LogP contribution in [0, 0.1) is 0 Å². The van der Waals surface area contributed by atoms with Gasteiger partial charge in [-0.25, -0.2) is 9.97 Å². The molecule has 0 radical (unpaired) electrons. The van der Waals surface area contributed by atoms with Crippen LogP contribution in [0.1, 0.15) is 37.9 Å². The number of nitrogens with zero attached hydrogens (tertiary/aromatic N) is 3. The summed E-state index contributed by atoms with van der Waals surface area (Å²) in [5.41, 5.74) is 2.61. The number of fused-ring (bicyclic) bond motifs is 3. The Morgan fingerprint density at radius 2 is 2.45 bits per heavy atom. The molecule has 3 aromatic heterocycles. The molecule has 3 aromatic rings. The van der Waals surface area contributed by atoms with Crippen molar-refractivity contribution in [1.82, 2.24) is 19.5 Å². The van der Waals surface area contributed by atoms with Gasteiger partial charge in [-0.05, 0) is 25.8 Å². The number of nitrogens with one attached hydrogen (secondary N) is 1. The van der Waals surface area contributed by atoms with Crippen LogP contribution >= 0.6 is 0 Å². The number of aromatic nitrogens is 4. The van der Waals surface area contributed by atoms with Crippen LogP contribution in [0.4, 0.5) is 0 Å². The molecule has 2 N–H and O–H groups in total. The lowest BCUT2D eigenvalue weighted by molar-refractivity contribution is 0.0505. The van der Waals surface area contributed by atoms with Crippen molar-refractivity contribution >= 4 is 22.1 Å². The van der Waals surface area contributed by atoms with Gasteiger partial charge in [-0.2, -0.15) is 0 Å². The maximum absolute atomic E-state index is 10.0. The van der Waals surface area contributed by atoms with Gasteiger partial charge in [-0.15, -0.1) is 0 Å². The summed E-state index contributed by atoms with van der Waals surface area (Å²) < 4.78 is 7.84. The molecule has 1 fully saturated rings. The number of hydrogen-bond donors (Lipinski definition) is 2. The van der Waals surface area contributed by atoms with Gasteiger partial charge >= 0.3 is 0 Å². The van der Waals surface area contributed by atoms with E-state index in [-0.39, 0.29) is 6.23 Å². The Morgan fingerprint density at radius 3 is 3.20 bits per heavy atom. The quantitative estimate of drug-likeness (QED) is 0.750. The van der Waals surface area contributed by atoms with Crippen LogP contribution in [0.15, 0.2) is 18.5 Å². The highest BCUT2D eigenvalue weighted by molar-refractivity contribution is 6.01. The van der Waals surface area contributed by atoms with Gasteiger partial charge in [0.25, 0.3) is 0 Å². The Hall–Kier alpha value is -1.92. The van der Waals surface area contributed by atoms with Crippen LogP contribution in [0.2, 0.25) is 0 Å². The van der Waals surface area contributed by atoms with Crippen molar-refractivity contribution in [3.63, 3.8) is 0 Å². The topological polar surface area (TPSA) is 76.0 Å². The largest absolute Gasteiger partial charge is 0.385 e. The first-order valence-corrected chi connectivity index (χ1v) is 6.89. The molecule has 104 valence electrons. The predicted molar refractivity (Wildman–Crippen MR) is 74.2 cm³/mol. The average molecular weight is 272 g/mol. The van der Waals surface area contributed by atoms with E-state index in [1.165, 1.54) is 0 Å². The number of aliphatic hydroxyl groups excluding tert-OH is 1. The molecular formula is C14H16N4O2. The zero-order chi connectivity index (χ0) is 13.7. The fraction of sp³-hybridized carbons (Fsp3) is 0.429. The highest BCUT2D eigenvalue weighted by Gasteiger charge is 2.26. The summed E-state index contributed by atoms with van der Waals surface area (Å²) in [6, 6.07) is 1.99. The van der Waals surface area contributed by atoms with Gasteiger partial charge in [-0.3, -0.25) is 4.57 Å². The van der Waals surface area contributed by atoms with E-state index in [9.17, 15) is 5.11 Å². The van der Waals surface area contributed by atoms with E-state index in [0.717, 1.165) is 41.5 Å². The third kappa shape index (κ3) is 1.58. The molecule has 2 unspecified atom stereocenters. The van der Waals surface area contributed by atoms with Crippen molar-refractivity contribution < 1.29 is 9.84 Å². The fourth-order valence-corrected chi connectivity index (χ4v) is 2.96. The minimum absolute atomic E-state index is 0.0508. The van der Waals surface area contributed by atoms with Gasteiger partial charge < -0.3 is 14.8 Å². The molecule has 0 amide bonds. The standard InChI is InChI=1S/C14H16N4O2/c1-8(19)14-17-10-7-16-13-9(4-5-15-13)12(10)18(14)11-3-2-6-20-11/h4-5,7-8,11,19H,2-3,6H2,1H3,(H,15,16). The lowest BCUT2D eigenvalue weighted by Gasteiger charge is -2.17. The lowest BCUT2D eigenvalue weighted by atomic mass is 10.2. The molecule has 2 atom stereocenters.